The van der Waals surface area contributed by atoms with Gasteiger partial charge in [0, 0.05) is 29.9 Å². The van der Waals surface area contributed by atoms with E-state index >= 15 is 0 Å². The molecule has 2 heterocycles. The Kier molecular flexibility index (Phi) is 4.32. The van der Waals surface area contributed by atoms with Crippen molar-refractivity contribution in [2.75, 3.05) is 5.32 Å². The van der Waals surface area contributed by atoms with Crippen LogP contribution in [0.1, 0.15) is 44.2 Å². The first-order chi connectivity index (χ1) is 11.1. The fourth-order valence-corrected chi connectivity index (χ4v) is 2.19. The van der Waals surface area contributed by atoms with E-state index < -0.39 is 0 Å². The van der Waals surface area contributed by atoms with Crippen molar-refractivity contribution in [3.05, 3.63) is 54.3 Å². The molecule has 2 aromatic heterocycles. The molecule has 23 heavy (non-hydrogen) atoms. The minimum absolute atomic E-state index is 0.122. The van der Waals surface area contributed by atoms with Gasteiger partial charge in [0.2, 0.25) is 11.7 Å². The van der Waals surface area contributed by atoms with Crippen LogP contribution in [0, 0.1) is 0 Å². The van der Waals surface area contributed by atoms with Crippen molar-refractivity contribution in [1.29, 1.82) is 0 Å². The van der Waals surface area contributed by atoms with Crippen molar-refractivity contribution in [3.8, 4) is 11.4 Å². The molecule has 0 radical (unpaired) electrons. The quantitative estimate of drug-likeness (QED) is 0.772. The van der Waals surface area contributed by atoms with E-state index in [1.54, 1.807) is 18.6 Å². The molecule has 0 spiro atoms. The molecule has 0 aliphatic carbocycles. The predicted octanol–water partition coefficient (Wildman–Crippen LogP) is 3.82. The Hall–Kier alpha value is -2.76. The van der Waals surface area contributed by atoms with Gasteiger partial charge in [0.05, 0.1) is 6.20 Å². The standard InChI is InChI=1S/C17H19N5O/c1-11(2)17-21-16(22-23-17)14-6-4-13(5-7-14)12(3)20-15-10-18-8-9-19-15/h4-12H,1-3H3,(H,19,20)/t12-/m1/s1. The minimum atomic E-state index is 0.122. The maximum atomic E-state index is 5.25. The second-order valence-corrected chi connectivity index (χ2v) is 5.69. The zero-order valence-corrected chi connectivity index (χ0v) is 13.4. The van der Waals surface area contributed by atoms with Crippen molar-refractivity contribution >= 4 is 5.82 Å². The lowest BCUT2D eigenvalue weighted by Crippen LogP contribution is -2.07. The third kappa shape index (κ3) is 3.53. The maximum Gasteiger partial charge on any atom is 0.229 e. The molecular weight excluding hydrogens is 290 g/mol. The fraction of sp³-hybridized carbons (Fsp3) is 0.294. The van der Waals surface area contributed by atoms with E-state index in [1.807, 2.05) is 26.0 Å². The van der Waals surface area contributed by atoms with E-state index in [-0.39, 0.29) is 12.0 Å². The molecule has 0 fully saturated rings. The molecule has 0 saturated carbocycles. The molecule has 0 bridgehead atoms. The topological polar surface area (TPSA) is 76.7 Å². The van der Waals surface area contributed by atoms with Gasteiger partial charge in [-0.1, -0.05) is 43.3 Å². The van der Waals surface area contributed by atoms with Crippen LogP contribution in [0.5, 0.6) is 0 Å². The summed E-state index contributed by atoms with van der Waals surface area (Å²) in [6.45, 7) is 6.13. The molecule has 1 aromatic carbocycles. The van der Waals surface area contributed by atoms with Crippen molar-refractivity contribution in [2.45, 2.75) is 32.7 Å². The minimum Gasteiger partial charge on any atom is -0.362 e. The van der Waals surface area contributed by atoms with Crippen LogP contribution >= 0.6 is 0 Å². The Bertz CT molecular complexity index is 752. The average molecular weight is 309 g/mol. The van der Waals surface area contributed by atoms with Crippen molar-refractivity contribution < 1.29 is 4.52 Å². The van der Waals surface area contributed by atoms with Crippen LogP contribution in [0.4, 0.5) is 5.82 Å². The van der Waals surface area contributed by atoms with Gasteiger partial charge in [0.15, 0.2) is 0 Å². The first-order valence-corrected chi connectivity index (χ1v) is 7.60. The highest BCUT2D eigenvalue weighted by Crippen LogP contribution is 2.23. The zero-order chi connectivity index (χ0) is 16.2. The summed E-state index contributed by atoms with van der Waals surface area (Å²) >= 11 is 0. The van der Waals surface area contributed by atoms with Gasteiger partial charge in [-0.2, -0.15) is 4.98 Å². The van der Waals surface area contributed by atoms with E-state index in [0.717, 1.165) is 16.9 Å². The Morgan fingerprint density at radius 2 is 1.83 bits per heavy atom. The molecule has 118 valence electrons. The molecule has 3 rings (SSSR count). The lowest BCUT2D eigenvalue weighted by atomic mass is 10.1. The van der Waals surface area contributed by atoms with Gasteiger partial charge in [0.1, 0.15) is 5.82 Å². The number of nitrogens with one attached hydrogen (secondary N) is 1. The molecule has 0 aliphatic heterocycles. The zero-order valence-electron chi connectivity index (χ0n) is 13.4. The molecule has 6 heteroatoms. The average Bonchev–Trinajstić information content (AvgIpc) is 3.06. The number of hydrogen-bond donors (Lipinski definition) is 1. The normalized spacial score (nSPS) is 12.3. The summed E-state index contributed by atoms with van der Waals surface area (Å²) < 4.78 is 5.25. The summed E-state index contributed by atoms with van der Waals surface area (Å²) in [5.74, 6) is 2.26. The number of benzene rings is 1. The van der Waals surface area contributed by atoms with Crippen molar-refractivity contribution in [3.63, 3.8) is 0 Å². The Morgan fingerprint density at radius 1 is 1.04 bits per heavy atom. The third-order valence-electron chi connectivity index (χ3n) is 3.53. The van der Waals surface area contributed by atoms with Crippen molar-refractivity contribution in [2.24, 2.45) is 0 Å². The van der Waals surface area contributed by atoms with Crippen LogP contribution in [0.25, 0.3) is 11.4 Å². The van der Waals surface area contributed by atoms with Gasteiger partial charge < -0.3 is 9.84 Å². The van der Waals surface area contributed by atoms with Crippen LogP contribution in [-0.2, 0) is 0 Å². The molecule has 6 nitrogen and oxygen atoms in total. The second-order valence-electron chi connectivity index (χ2n) is 5.69. The molecule has 0 unspecified atom stereocenters. The molecule has 1 N–H and O–H groups in total. The number of hydrogen-bond acceptors (Lipinski definition) is 6. The van der Waals surface area contributed by atoms with Gasteiger partial charge in [-0.05, 0) is 12.5 Å². The molecular formula is C17H19N5O. The van der Waals surface area contributed by atoms with E-state index in [4.69, 9.17) is 4.52 Å². The number of nitrogens with zero attached hydrogens (tertiary/aromatic N) is 4. The summed E-state index contributed by atoms with van der Waals surface area (Å²) in [5, 5.41) is 7.34. The SMILES string of the molecule is CC(C)c1nc(-c2ccc([C@@H](C)Nc3cnccn3)cc2)no1. The summed E-state index contributed by atoms with van der Waals surface area (Å²) in [4.78, 5) is 12.7. The van der Waals surface area contributed by atoms with Gasteiger partial charge in [0.25, 0.3) is 0 Å². The summed E-state index contributed by atoms with van der Waals surface area (Å²) in [6.07, 6.45) is 5.03. The number of anilines is 1. The molecule has 1 atom stereocenters. The van der Waals surface area contributed by atoms with Gasteiger partial charge in [-0.3, -0.25) is 4.98 Å². The van der Waals surface area contributed by atoms with Crippen LogP contribution in [-0.4, -0.2) is 20.1 Å². The Balaban J connectivity index is 1.73. The van der Waals surface area contributed by atoms with Gasteiger partial charge in [-0.25, -0.2) is 4.98 Å². The van der Waals surface area contributed by atoms with Gasteiger partial charge >= 0.3 is 0 Å². The molecule has 0 amide bonds. The third-order valence-corrected chi connectivity index (χ3v) is 3.53. The van der Waals surface area contributed by atoms with E-state index in [9.17, 15) is 0 Å². The van der Waals surface area contributed by atoms with Crippen LogP contribution < -0.4 is 5.32 Å². The first-order valence-electron chi connectivity index (χ1n) is 7.60. The van der Waals surface area contributed by atoms with Gasteiger partial charge in [-0.15, -0.1) is 0 Å². The van der Waals surface area contributed by atoms with Crippen molar-refractivity contribution in [1.82, 2.24) is 20.1 Å². The highest BCUT2D eigenvalue weighted by Gasteiger charge is 2.12. The maximum absolute atomic E-state index is 5.25. The summed E-state index contributed by atoms with van der Waals surface area (Å²) in [5.41, 5.74) is 2.09. The predicted molar refractivity (Wildman–Crippen MR) is 87.9 cm³/mol. The Labute approximate surface area is 135 Å². The molecule has 3 aromatic rings. The first kappa shape index (κ1) is 15.1. The number of aromatic nitrogens is 4. The smallest absolute Gasteiger partial charge is 0.229 e. The van der Waals surface area contributed by atoms with Crippen LogP contribution in [0.3, 0.4) is 0 Å². The molecule has 0 aliphatic rings. The van der Waals surface area contributed by atoms with Crippen LogP contribution in [0.2, 0.25) is 0 Å². The lowest BCUT2D eigenvalue weighted by Gasteiger charge is -2.14. The lowest BCUT2D eigenvalue weighted by molar-refractivity contribution is 0.365. The Morgan fingerprint density at radius 3 is 2.43 bits per heavy atom. The largest absolute Gasteiger partial charge is 0.362 e. The number of rotatable bonds is 5. The van der Waals surface area contributed by atoms with E-state index in [1.165, 1.54) is 0 Å². The summed E-state index contributed by atoms with van der Waals surface area (Å²) in [6, 6.07) is 8.22. The second kappa shape index (κ2) is 6.56. The highest BCUT2D eigenvalue weighted by molar-refractivity contribution is 5.55. The molecule has 0 saturated heterocycles. The van der Waals surface area contributed by atoms with Crippen LogP contribution in [0.15, 0.2) is 47.4 Å². The van der Waals surface area contributed by atoms with E-state index in [2.05, 4.69) is 44.5 Å². The summed E-state index contributed by atoms with van der Waals surface area (Å²) in [7, 11) is 0. The van der Waals surface area contributed by atoms with E-state index in [0.29, 0.717) is 11.7 Å². The monoisotopic (exact) mass is 309 g/mol. The highest BCUT2D eigenvalue weighted by atomic mass is 16.5. The fourth-order valence-electron chi connectivity index (χ4n) is 2.19.